The Hall–Kier alpha value is -0.660. The molecule has 0 radical (unpaired) electrons. The van der Waals surface area contributed by atoms with Crippen molar-refractivity contribution in [1.82, 2.24) is 5.32 Å². The average Bonchev–Trinajstić information content (AvgIpc) is 2.33. The SMILES string of the molecule is CCCNCCCS(=O)(=O)Nc1cc(Br)ccc1F. The second-order valence-electron chi connectivity index (χ2n) is 4.15. The quantitative estimate of drug-likeness (QED) is 0.707. The predicted molar refractivity (Wildman–Crippen MR) is 79.3 cm³/mol. The highest BCUT2D eigenvalue weighted by atomic mass is 79.9. The molecule has 0 bridgehead atoms. The maximum absolute atomic E-state index is 13.4. The number of hydrogen-bond donors (Lipinski definition) is 2. The van der Waals surface area contributed by atoms with Crippen molar-refractivity contribution in [3.8, 4) is 0 Å². The van der Waals surface area contributed by atoms with Gasteiger partial charge in [-0.1, -0.05) is 22.9 Å². The third kappa shape index (κ3) is 6.35. The summed E-state index contributed by atoms with van der Waals surface area (Å²) in [6, 6.07) is 4.13. The lowest BCUT2D eigenvalue weighted by molar-refractivity contribution is 0.591. The first kappa shape index (κ1) is 16.4. The van der Waals surface area contributed by atoms with Crippen molar-refractivity contribution >= 4 is 31.6 Å². The van der Waals surface area contributed by atoms with Gasteiger partial charge >= 0.3 is 0 Å². The molecule has 0 fully saturated rings. The van der Waals surface area contributed by atoms with Crippen molar-refractivity contribution in [2.75, 3.05) is 23.6 Å². The van der Waals surface area contributed by atoms with Gasteiger partial charge in [0.2, 0.25) is 10.0 Å². The molecule has 0 atom stereocenters. The van der Waals surface area contributed by atoms with Crippen LogP contribution in [0.1, 0.15) is 19.8 Å². The Morgan fingerprint density at radius 1 is 1.32 bits per heavy atom. The normalized spacial score (nSPS) is 11.5. The standard InChI is InChI=1S/C12H18BrFN2O2S/c1-2-6-15-7-3-8-19(17,18)16-12-9-10(13)4-5-11(12)14/h4-5,9,15-16H,2-3,6-8H2,1H3. The van der Waals surface area contributed by atoms with Crippen LogP contribution in [-0.4, -0.2) is 27.3 Å². The van der Waals surface area contributed by atoms with E-state index in [4.69, 9.17) is 0 Å². The molecule has 1 aromatic carbocycles. The first-order chi connectivity index (χ1) is 8.94. The second-order valence-corrected chi connectivity index (χ2v) is 6.91. The van der Waals surface area contributed by atoms with E-state index >= 15 is 0 Å². The van der Waals surface area contributed by atoms with Crippen molar-refractivity contribution in [2.24, 2.45) is 0 Å². The molecule has 1 rings (SSSR count). The van der Waals surface area contributed by atoms with Gasteiger partial charge in [-0.05, 0) is 44.1 Å². The second kappa shape index (κ2) is 7.81. The van der Waals surface area contributed by atoms with E-state index in [1.165, 1.54) is 18.2 Å². The van der Waals surface area contributed by atoms with Crippen LogP contribution in [0.25, 0.3) is 0 Å². The van der Waals surface area contributed by atoms with Crippen molar-refractivity contribution < 1.29 is 12.8 Å². The summed E-state index contributed by atoms with van der Waals surface area (Å²) in [6.45, 7) is 3.55. The predicted octanol–water partition coefficient (Wildman–Crippen LogP) is 2.72. The molecule has 1 aromatic rings. The number of hydrogen-bond acceptors (Lipinski definition) is 3. The third-order valence-electron chi connectivity index (χ3n) is 2.39. The maximum atomic E-state index is 13.4. The van der Waals surface area contributed by atoms with Crippen LogP contribution in [0.15, 0.2) is 22.7 Å². The fraction of sp³-hybridized carbons (Fsp3) is 0.500. The molecule has 0 aliphatic heterocycles. The van der Waals surface area contributed by atoms with Gasteiger partial charge in [0.25, 0.3) is 0 Å². The van der Waals surface area contributed by atoms with Gasteiger partial charge in [-0.2, -0.15) is 0 Å². The molecule has 2 N–H and O–H groups in total. The van der Waals surface area contributed by atoms with Gasteiger partial charge < -0.3 is 5.32 Å². The van der Waals surface area contributed by atoms with Gasteiger partial charge in [-0.3, -0.25) is 4.72 Å². The Bertz CT molecular complexity index is 508. The number of rotatable bonds is 8. The lowest BCUT2D eigenvalue weighted by Gasteiger charge is -2.09. The summed E-state index contributed by atoms with van der Waals surface area (Å²) in [6.07, 6.45) is 1.50. The molecule has 19 heavy (non-hydrogen) atoms. The highest BCUT2D eigenvalue weighted by molar-refractivity contribution is 9.10. The molecule has 0 aliphatic rings. The molecule has 0 saturated heterocycles. The number of nitrogens with one attached hydrogen (secondary N) is 2. The van der Waals surface area contributed by atoms with Crippen molar-refractivity contribution in [1.29, 1.82) is 0 Å². The van der Waals surface area contributed by atoms with Gasteiger partial charge in [0.05, 0.1) is 11.4 Å². The number of anilines is 1. The van der Waals surface area contributed by atoms with Crippen molar-refractivity contribution in [3.63, 3.8) is 0 Å². The molecule has 0 amide bonds. The minimum absolute atomic E-state index is 0.0316. The van der Waals surface area contributed by atoms with E-state index in [0.717, 1.165) is 13.0 Å². The molecule has 0 saturated carbocycles. The van der Waals surface area contributed by atoms with E-state index in [0.29, 0.717) is 17.4 Å². The lowest BCUT2D eigenvalue weighted by atomic mass is 10.3. The van der Waals surface area contributed by atoms with E-state index in [9.17, 15) is 12.8 Å². The topological polar surface area (TPSA) is 58.2 Å². The van der Waals surface area contributed by atoms with Gasteiger partial charge in [-0.15, -0.1) is 0 Å². The minimum atomic E-state index is -3.51. The Morgan fingerprint density at radius 2 is 2.05 bits per heavy atom. The van der Waals surface area contributed by atoms with Crippen LogP contribution >= 0.6 is 15.9 Å². The molecule has 0 unspecified atom stereocenters. The van der Waals surface area contributed by atoms with Crippen LogP contribution in [0.3, 0.4) is 0 Å². The fourth-order valence-electron chi connectivity index (χ4n) is 1.48. The van der Waals surface area contributed by atoms with Gasteiger partial charge in [0, 0.05) is 4.47 Å². The van der Waals surface area contributed by atoms with Crippen LogP contribution in [-0.2, 0) is 10.0 Å². The number of sulfonamides is 1. The Kier molecular flexibility index (Phi) is 6.74. The summed E-state index contributed by atoms with van der Waals surface area (Å²) in [5.41, 5.74) is -0.0316. The third-order valence-corrected chi connectivity index (χ3v) is 4.24. The van der Waals surface area contributed by atoms with E-state index in [-0.39, 0.29) is 11.4 Å². The Labute approximate surface area is 122 Å². The van der Waals surface area contributed by atoms with Crippen LogP contribution in [0.5, 0.6) is 0 Å². The van der Waals surface area contributed by atoms with E-state index < -0.39 is 15.8 Å². The molecule has 0 aliphatic carbocycles. The summed E-state index contributed by atoms with van der Waals surface area (Å²) >= 11 is 3.17. The highest BCUT2D eigenvalue weighted by Crippen LogP contribution is 2.21. The van der Waals surface area contributed by atoms with Gasteiger partial charge in [-0.25, -0.2) is 12.8 Å². The van der Waals surface area contributed by atoms with E-state index in [1.54, 1.807) is 0 Å². The summed E-state index contributed by atoms with van der Waals surface area (Å²) in [4.78, 5) is 0. The molecular formula is C12H18BrFN2O2S. The molecule has 0 heterocycles. The first-order valence-corrected chi connectivity index (χ1v) is 8.55. The van der Waals surface area contributed by atoms with Crippen molar-refractivity contribution in [3.05, 3.63) is 28.5 Å². The zero-order valence-corrected chi connectivity index (χ0v) is 13.2. The number of benzene rings is 1. The van der Waals surface area contributed by atoms with E-state index in [1.807, 2.05) is 6.92 Å². The average molecular weight is 353 g/mol. The van der Waals surface area contributed by atoms with Gasteiger partial charge in [0.1, 0.15) is 5.82 Å². The summed E-state index contributed by atoms with van der Waals surface area (Å²) in [5, 5.41) is 3.12. The zero-order valence-electron chi connectivity index (χ0n) is 10.7. The monoisotopic (exact) mass is 352 g/mol. The molecule has 0 aromatic heterocycles. The molecule has 0 spiro atoms. The fourth-order valence-corrected chi connectivity index (χ4v) is 2.96. The maximum Gasteiger partial charge on any atom is 0.232 e. The molecule has 4 nitrogen and oxygen atoms in total. The first-order valence-electron chi connectivity index (χ1n) is 6.11. The Balaban J connectivity index is 2.52. The van der Waals surface area contributed by atoms with Crippen LogP contribution in [0.4, 0.5) is 10.1 Å². The summed E-state index contributed by atoms with van der Waals surface area (Å²) in [7, 11) is -3.51. The molecule has 108 valence electrons. The highest BCUT2D eigenvalue weighted by Gasteiger charge is 2.13. The Morgan fingerprint density at radius 3 is 2.74 bits per heavy atom. The summed E-state index contributed by atoms with van der Waals surface area (Å²) in [5.74, 6) is -0.619. The van der Waals surface area contributed by atoms with E-state index in [2.05, 4.69) is 26.0 Å². The zero-order chi connectivity index (χ0) is 14.3. The molecular weight excluding hydrogens is 335 g/mol. The number of halogens is 2. The smallest absolute Gasteiger partial charge is 0.232 e. The largest absolute Gasteiger partial charge is 0.317 e. The lowest BCUT2D eigenvalue weighted by Crippen LogP contribution is -2.22. The van der Waals surface area contributed by atoms with Gasteiger partial charge in [0.15, 0.2) is 0 Å². The van der Waals surface area contributed by atoms with Crippen LogP contribution in [0.2, 0.25) is 0 Å². The van der Waals surface area contributed by atoms with Crippen LogP contribution < -0.4 is 10.0 Å². The minimum Gasteiger partial charge on any atom is -0.317 e. The van der Waals surface area contributed by atoms with Crippen molar-refractivity contribution in [2.45, 2.75) is 19.8 Å². The van der Waals surface area contributed by atoms with Crippen LogP contribution in [0, 0.1) is 5.82 Å². The molecule has 7 heteroatoms. The summed E-state index contributed by atoms with van der Waals surface area (Å²) < 4.78 is 39.9.